The molecule has 3 heteroatoms. The summed E-state index contributed by atoms with van der Waals surface area (Å²) in [7, 11) is 0. The number of aromatic hydroxyl groups is 1. The molecule has 69 valence electrons. The molecule has 3 nitrogen and oxygen atoms in total. The fourth-order valence-corrected chi connectivity index (χ4v) is 1.42. The van der Waals surface area contributed by atoms with Gasteiger partial charge in [0, 0.05) is 6.07 Å². The van der Waals surface area contributed by atoms with E-state index in [2.05, 4.69) is 6.07 Å². The van der Waals surface area contributed by atoms with Crippen LogP contribution in [0, 0.1) is 6.07 Å². The van der Waals surface area contributed by atoms with Crippen LogP contribution in [-0.4, -0.2) is 11.0 Å². The lowest BCUT2D eigenvalue weighted by atomic mass is 10.0. The van der Waals surface area contributed by atoms with Crippen LogP contribution in [0.3, 0.4) is 0 Å². The fraction of sp³-hybridized carbons (Fsp3) is 0. The van der Waals surface area contributed by atoms with Gasteiger partial charge in [0.05, 0.1) is 5.56 Å². The summed E-state index contributed by atoms with van der Waals surface area (Å²) in [6, 6.07) is 11.3. The van der Waals surface area contributed by atoms with Crippen LogP contribution in [0.2, 0.25) is 0 Å². The highest BCUT2D eigenvalue weighted by molar-refractivity contribution is 6.06. The van der Waals surface area contributed by atoms with Crippen molar-refractivity contribution >= 4 is 16.7 Å². The second-order valence-electron chi connectivity index (χ2n) is 2.98. The molecule has 0 fully saturated rings. The molecule has 0 aromatic heterocycles. The van der Waals surface area contributed by atoms with Crippen molar-refractivity contribution in [2.45, 2.75) is 0 Å². The topological polar surface area (TPSA) is 63.3 Å². The van der Waals surface area contributed by atoms with E-state index in [9.17, 15) is 9.90 Å². The van der Waals surface area contributed by atoms with Crippen LogP contribution < -0.4 is 5.73 Å². The summed E-state index contributed by atoms with van der Waals surface area (Å²) in [5.41, 5.74) is 5.39. The highest BCUT2D eigenvalue weighted by Crippen LogP contribution is 2.23. The van der Waals surface area contributed by atoms with Gasteiger partial charge in [-0.1, -0.05) is 24.3 Å². The molecule has 0 unspecified atom stereocenters. The van der Waals surface area contributed by atoms with Crippen molar-refractivity contribution in [2.75, 3.05) is 0 Å². The lowest BCUT2D eigenvalue weighted by Gasteiger charge is -2.03. The predicted molar refractivity (Wildman–Crippen MR) is 53.0 cm³/mol. The van der Waals surface area contributed by atoms with E-state index in [4.69, 9.17) is 5.73 Å². The van der Waals surface area contributed by atoms with Gasteiger partial charge in [0.25, 0.3) is 0 Å². The van der Waals surface area contributed by atoms with Crippen LogP contribution >= 0.6 is 0 Å². The number of nitrogens with two attached hydrogens (primary N) is 1. The normalized spacial score (nSPS) is 10.3. The first-order valence-electron chi connectivity index (χ1n) is 4.12. The molecule has 0 saturated carbocycles. The summed E-state index contributed by atoms with van der Waals surface area (Å²) in [5, 5.41) is 10.8. The summed E-state index contributed by atoms with van der Waals surface area (Å²) in [6.45, 7) is 0. The molecule has 1 amide bonds. The number of phenols is 1. The molecule has 2 rings (SSSR count). The summed E-state index contributed by atoms with van der Waals surface area (Å²) in [4.78, 5) is 11.0. The molecule has 0 aliphatic carbocycles. The highest BCUT2D eigenvalue weighted by atomic mass is 16.3. The zero-order chi connectivity index (χ0) is 10.1. The zero-order valence-corrected chi connectivity index (χ0v) is 7.32. The number of phenolic OH excluding ortho intramolecular Hbond substituents is 1. The SMILES string of the molecule is NC(=O)c1[c]c(O)cc2ccccc12. The smallest absolute Gasteiger partial charge is 0.250 e. The van der Waals surface area contributed by atoms with E-state index >= 15 is 0 Å². The summed E-state index contributed by atoms with van der Waals surface area (Å²) in [6.07, 6.45) is 0. The molecule has 2 aromatic carbocycles. The molecule has 0 aliphatic heterocycles. The minimum absolute atomic E-state index is 0.0718. The molecule has 14 heavy (non-hydrogen) atoms. The van der Waals surface area contributed by atoms with Crippen molar-refractivity contribution < 1.29 is 9.90 Å². The van der Waals surface area contributed by atoms with Crippen LogP contribution in [0.25, 0.3) is 10.8 Å². The number of amides is 1. The van der Waals surface area contributed by atoms with Gasteiger partial charge in [-0.15, -0.1) is 0 Å². The third kappa shape index (κ3) is 1.29. The molecule has 0 bridgehead atoms. The average molecular weight is 186 g/mol. The molecular formula is C11H8NO2. The van der Waals surface area contributed by atoms with Crippen molar-refractivity contribution in [3.63, 3.8) is 0 Å². The van der Waals surface area contributed by atoms with Crippen molar-refractivity contribution in [2.24, 2.45) is 5.73 Å². The number of hydrogen-bond donors (Lipinski definition) is 2. The number of rotatable bonds is 1. The standard InChI is InChI=1S/C11H8NO2/c12-11(14)10-6-8(13)5-7-3-1-2-4-9(7)10/h1-5,13H,(H2,12,14). The van der Waals surface area contributed by atoms with Gasteiger partial charge in [-0.05, 0) is 16.8 Å². The first-order valence-corrected chi connectivity index (χ1v) is 4.12. The lowest BCUT2D eigenvalue weighted by molar-refractivity contribution is 0.100. The monoisotopic (exact) mass is 186 g/mol. The number of primary amides is 1. The molecule has 1 radical (unpaired) electrons. The van der Waals surface area contributed by atoms with Gasteiger partial charge >= 0.3 is 0 Å². The number of carbonyl (C=O) groups is 1. The van der Waals surface area contributed by atoms with E-state index in [0.29, 0.717) is 5.39 Å². The molecule has 2 aromatic rings. The minimum Gasteiger partial charge on any atom is -0.507 e. The third-order valence-corrected chi connectivity index (χ3v) is 2.02. The Morgan fingerprint density at radius 2 is 2.07 bits per heavy atom. The van der Waals surface area contributed by atoms with Crippen molar-refractivity contribution in [1.29, 1.82) is 0 Å². The quantitative estimate of drug-likeness (QED) is 0.707. The first-order chi connectivity index (χ1) is 6.68. The largest absolute Gasteiger partial charge is 0.507 e. The minimum atomic E-state index is -0.586. The number of hydrogen-bond acceptors (Lipinski definition) is 2. The van der Waals surface area contributed by atoms with Crippen molar-refractivity contribution in [3.8, 4) is 5.75 Å². The van der Waals surface area contributed by atoms with E-state index in [-0.39, 0.29) is 11.3 Å². The van der Waals surface area contributed by atoms with Crippen LogP contribution in [0.15, 0.2) is 30.3 Å². The Morgan fingerprint density at radius 1 is 1.36 bits per heavy atom. The van der Waals surface area contributed by atoms with E-state index in [1.54, 1.807) is 24.3 Å². The van der Waals surface area contributed by atoms with Gasteiger partial charge in [-0.3, -0.25) is 4.79 Å². The first kappa shape index (κ1) is 8.56. The molecule has 0 heterocycles. The van der Waals surface area contributed by atoms with Gasteiger partial charge < -0.3 is 10.8 Å². The molecular weight excluding hydrogens is 178 g/mol. The van der Waals surface area contributed by atoms with Crippen LogP contribution in [-0.2, 0) is 0 Å². The fourth-order valence-electron chi connectivity index (χ4n) is 1.42. The zero-order valence-electron chi connectivity index (χ0n) is 7.32. The second-order valence-corrected chi connectivity index (χ2v) is 2.98. The maximum absolute atomic E-state index is 11.0. The van der Waals surface area contributed by atoms with E-state index in [0.717, 1.165) is 5.39 Å². The Morgan fingerprint density at radius 3 is 2.79 bits per heavy atom. The third-order valence-electron chi connectivity index (χ3n) is 2.02. The molecule has 0 aliphatic rings. The van der Waals surface area contributed by atoms with Crippen LogP contribution in [0.1, 0.15) is 10.4 Å². The number of benzene rings is 2. The molecule has 0 saturated heterocycles. The van der Waals surface area contributed by atoms with Gasteiger partial charge in [0.15, 0.2) is 0 Å². The van der Waals surface area contributed by atoms with E-state index < -0.39 is 5.91 Å². The maximum atomic E-state index is 11.0. The summed E-state index contributed by atoms with van der Waals surface area (Å²) in [5.74, 6) is -0.658. The summed E-state index contributed by atoms with van der Waals surface area (Å²) < 4.78 is 0. The maximum Gasteiger partial charge on any atom is 0.250 e. The van der Waals surface area contributed by atoms with Crippen LogP contribution in [0.5, 0.6) is 5.75 Å². The van der Waals surface area contributed by atoms with Crippen molar-refractivity contribution in [3.05, 3.63) is 42.0 Å². The van der Waals surface area contributed by atoms with Gasteiger partial charge in [0.1, 0.15) is 5.75 Å². The second kappa shape index (κ2) is 3.03. The molecule has 3 N–H and O–H groups in total. The van der Waals surface area contributed by atoms with Crippen molar-refractivity contribution in [1.82, 2.24) is 0 Å². The lowest BCUT2D eigenvalue weighted by Crippen LogP contribution is -2.11. The van der Waals surface area contributed by atoms with E-state index in [1.807, 2.05) is 6.07 Å². The Bertz CT molecular complexity index is 506. The summed E-state index contributed by atoms with van der Waals surface area (Å²) >= 11 is 0. The molecule has 0 atom stereocenters. The number of fused-ring (bicyclic) bond motifs is 1. The number of carbonyl (C=O) groups excluding carboxylic acids is 1. The predicted octanol–water partition coefficient (Wildman–Crippen LogP) is 1.44. The Kier molecular flexibility index (Phi) is 1.85. The Hall–Kier alpha value is -2.03. The van der Waals surface area contributed by atoms with Gasteiger partial charge in [-0.25, -0.2) is 0 Å². The highest BCUT2D eigenvalue weighted by Gasteiger charge is 2.08. The van der Waals surface area contributed by atoms with Gasteiger partial charge in [0.2, 0.25) is 5.91 Å². The van der Waals surface area contributed by atoms with E-state index in [1.165, 1.54) is 0 Å². The average Bonchev–Trinajstić information content (AvgIpc) is 2.16. The van der Waals surface area contributed by atoms with Gasteiger partial charge in [-0.2, -0.15) is 0 Å². The van der Waals surface area contributed by atoms with Crippen LogP contribution in [0.4, 0.5) is 0 Å². The Balaban J connectivity index is 2.87. The molecule has 0 spiro atoms. The Labute approximate surface area is 80.8 Å².